The average Bonchev–Trinajstić information content (AvgIpc) is 3.13. The SMILES string of the molecule is N#Cc1nc(=NC(F)(F)F)c2c(C(F)(F)F)n3c(C#N)nc(=NC(F)(F)F)c3c(C(F)(F)F)n12. The molecule has 20 heteroatoms. The fraction of sp³-hybridized carbons (Fsp3) is 0.286. The van der Waals surface area contributed by atoms with Crippen LogP contribution in [0.5, 0.6) is 0 Å². The minimum absolute atomic E-state index is 0.791. The molecular formula is C14F12N8. The Morgan fingerprint density at radius 2 is 0.882 bits per heavy atom. The second-order valence-corrected chi connectivity index (χ2v) is 5.96. The van der Waals surface area contributed by atoms with Crippen LogP contribution >= 0.6 is 0 Å². The molecule has 3 aromatic rings. The number of nitrogens with zero attached hydrogens (tertiary/aromatic N) is 8. The molecular weight excluding hydrogens is 508 g/mol. The topological polar surface area (TPSA) is 107 Å². The first kappa shape index (κ1) is 24.5. The van der Waals surface area contributed by atoms with Gasteiger partial charge < -0.3 is 0 Å². The largest absolute Gasteiger partial charge is 0.505 e. The molecule has 0 saturated carbocycles. The third kappa shape index (κ3) is 4.13. The van der Waals surface area contributed by atoms with Crippen molar-refractivity contribution in [1.29, 1.82) is 10.5 Å². The second kappa shape index (κ2) is 7.20. The van der Waals surface area contributed by atoms with Crippen LogP contribution in [0.1, 0.15) is 23.0 Å². The lowest BCUT2D eigenvalue weighted by molar-refractivity contribution is -0.146. The highest BCUT2D eigenvalue weighted by atomic mass is 19.4. The van der Waals surface area contributed by atoms with E-state index >= 15 is 0 Å². The van der Waals surface area contributed by atoms with Crippen molar-refractivity contribution in [2.75, 3.05) is 0 Å². The molecule has 0 N–H and O–H groups in total. The summed E-state index contributed by atoms with van der Waals surface area (Å²) in [6, 6.07) is 1.66. The monoisotopic (exact) mass is 508 g/mol. The van der Waals surface area contributed by atoms with Gasteiger partial charge >= 0.3 is 25.0 Å². The smallest absolute Gasteiger partial charge is 0.274 e. The van der Waals surface area contributed by atoms with E-state index in [1.807, 2.05) is 9.98 Å². The molecule has 0 aliphatic carbocycles. The standard InChI is InChI=1S/C14F12N8/c15-11(16,17)7-6-10(32-14(24,25)26)30-4(2-28)34(6)8(12(18,19)20)5-9(31-13(21,22)23)29-3(1-27)33(5)7. The first-order chi connectivity index (χ1) is 15.3. The number of aromatic nitrogens is 4. The third-order valence-electron chi connectivity index (χ3n) is 3.82. The van der Waals surface area contributed by atoms with Gasteiger partial charge in [-0.15, -0.1) is 26.3 Å². The van der Waals surface area contributed by atoms with Crippen molar-refractivity contribution in [3.63, 3.8) is 0 Å². The van der Waals surface area contributed by atoms with E-state index in [1.54, 1.807) is 0 Å². The Kier molecular flexibility index (Phi) is 5.20. The summed E-state index contributed by atoms with van der Waals surface area (Å²) in [4.78, 5) is 9.19. The number of rotatable bonds is 0. The van der Waals surface area contributed by atoms with Crippen LogP contribution in [0.4, 0.5) is 52.7 Å². The lowest BCUT2D eigenvalue weighted by Crippen LogP contribution is -2.26. The number of nitriles is 2. The fourth-order valence-corrected chi connectivity index (χ4v) is 2.96. The highest BCUT2D eigenvalue weighted by molar-refractivity contribution is 5.66. The molecule has 8 nitrogen and oxygen atoms in total. The van der Waals surface area contributed by atoms with Crippen LogP contribution in [0, 0.1) is 22.7 Å². The van der Waals surface area contributed by atoms with Crippen molar-refractivity contribution in [2.45, 2.75) is 25.0 Å². The van der Waals surface area contributed by atoms with E-state index in [2.05, 4.69) is 9.97 Å². The van der Waals surface area contributed by atoms with E-state index in [1.165, 1.54) is 0 Å². The zero-order valence-corrected chi connectivity index (χ0v) is 15.1. The van der Waals surface area contributed by atoms with Crippen molar-refractivity contribution in [3.05, 3.63) is 34.0 Å². The maximum Gasteiger partial charge on any atom is 0.505 e. The first-order valence-electron chi connectivity index (χ1n) is 7.85. The Labute approximate surface area is 175 Å². The van der Waals surface area contributed by atoms with E-state index in [0.29, 0.717) is 0 Å². The molecule has 3 heterocycles. The van der Waals surface area contributed by atoms with E-state index in [0.717, 1.165) is 12.1 Å². The molecule has 0 atom stereocenters. The van der Waals surface area contributed by atoms with Gasteiger partial charge in [0.1, 0.15) is 23.2 Å². The highest BCUT2D eigenvalue weighted by Crippen LogP contribution is 2.39. The lowest BCUT2D eigenvalue weighted by Gasteiger charge is -2.18. The van der Waals surface area contributed by atoms with Gasteiger partial charge in [0.05, 0.1) is 0 Å². The number of alkyl halides is 12. The number of fused-ring (bicyclic) bond motifs is 2. The molecule has 0 aliphatic heterocycles. The predicted molar refractivity (Wildman–Crippen MR) is 77.8 cm³/mol. The van der Waals surface area contributed by atoms with E-state index in [9.17, 15) is 52.7 Å². The van der Waals surface area contributed by atoms with Crippen molar-refractivity contribution < 1.29 is 52.7 Å². The first-order valence-corrected chi connectivity index (χ1v) is 7.85. The summed E-state index contributed by atoms with van der Waals surface area (Å²) in [7, 11) is 0. The van der Waals surface area contributed by atoms with Crippen LogP contribution in [0.25, 0.3) is 11.0 Å². The zero-order chi connectivity index (χ0) is 26.0. The molecule has 0 aliphatic rings. The molecule has 0 aromatic carbocycles. The zero-order valence-electron chi connectivity index (χ0n) is 15.1. The maximum atomic E-state index is 13.9. The van der Waals surface area contributed by atoms with Crippen LogP contribution in [0.2, 0.25) is 0 Å². The molecule has 3 aromatic heterocycles. The summed E-state index contributed by atoms with van der Waals surface area (Å²) in [6.45, 7) is 0. The Hall–Kier alpha value is -4.10. The van der Waals surface area contributed by atoms with Crippen LogP contribution in [0.3, 0.4) is 0 Å². The molecule has 34 heavy (non-hydrogen) atoms. The molecule has 0 unspecified atom stereocenters. The predicted octanol–water partition coefficient (Wildman–Crippen LogP) is 3.04. The van der Waals surface area contributed by atoms with Gasteiger partial charge in [0.2, 0.25) is 11.6 Å². The number of halogens is 12. The summed E-state index contributed by atoms with van der Waals surface area (Å²) in [5.74, 6) is -3.48. The van der Waals surface area contributed by atoms with Crippen LogP contribution in [-0.2, 0) is 12.4 Å². The third-order valence-corrected chi connectivity index (χ3v) is 3.82. The van der Waals surface area contributed by atoms with Crippen LogP contribution < -0.4 is 11.0 Å². The maximum absolute atomic E-state index is 13.9. The normalized spacial score (nSPS) is 14.8. The molecule has 3 rings (SSSR count). The molecule has 0 fully saturated rings. The summed E-state index contributed by atoms with van der Waals surface area (Å²) in [5.41, 5.74) is -13.5. The summed E-state index contributed by atoms with van der Waals surface area (Å²) in [6.07, 6.45) is -23.3. The van der Waals surface area contributed by atoms with Crippen LogP contribution in [-0.4, -0.2) is 31.4 Å². The van der Waals surface area contributed by atoms with Gasteiger partial charge in [-0.1, -0.05) is 0 Å². The van der Waals surface area contributed by atoms with Crippen molar-refractivity contribution in [1.82, 2.24) is 18.8 Å². The van der Waals surface area contributed by atoms with Gasteiger partial charge in [-0.05, 0) is 0 Å². The minimum atomic E-state index is -5.94. The van der Waals surface area contributed by atoms with Gasteiger partial charge in [-0.25, -0.2) is 0 Å². The fourth-order valence-electron chi connectivity index (χ4n) is 2.96. The van der Waals surface area contributed by atoms with Crippen LogP contribution in [0.15, 0.2) is 9.98 Å². The Morgan fingerprint density at radius 1 is 0.588 bits per heavy atom. The van der Waals surface area contributed by atoms with Gasteiger partial charge in [0, 0.05) is 0 Å². The van der Waals surface area contributed by atoms with Crippen molar-refractivity contribution >= 4 is 11.0 Å². The number of hydrogen-bond donors (Lipinski definition) is 0. The molecule has 0 saturated heterocycles. The molecule has 0 amide bonds. The number of imidazole rings is 2. The molecule has 180 valence electrons. The van der Waals surface area contributed by atoms with E-state index in [-0.39, 0.29) is 0 Å². The van der Waals surface area contributed by atoms with Gasteiger partial charge in [-0.3, -0.25) is 8.80 Å². The minimum Gasteiger partial charge on any atom is -0.274 e. The Morgan fingerprint density at radius 3 is 1.09 bits per heavy atom. The lowest BCUT2D eigenvalue weighted by atomic mass is 10.2. The Bertz CT molecular complexity index is 1400. The van der Waals surface area contributed by atoms with Gasteiger partial charge in [-0.2, -0.15) is 56.8 Å². The van der Waals surface area contributed by atoms with Gasteiger partial charge in [0.25, 0.3) is 0 Å². The van der Waals surface area contributed by atoms with E-state index in [4.69, 9.17) is 10.5 Å². The summed E-state index contributed by atoms with van der Waals surface area (Å²) < 4.78 is 159. The Balaban J connectivity index is 2.96. The second-order valence-electron chi connectivity index (χ2n) is 5.96. The summed E-state index contributed by atoms with van der Waals surface area (Å²) >= 11 is 0. The van der Waals surface area contributed by atoms with E-state index < -0.39 is 78.8 Å². The molecule has 0 radical (unpaired) electrons. The molecule has 0 bridgehead atoms. The van der Waals surface area contributed by atoms with Gasteiger partial charge in [0.15, 0.2) is 22.4 Å². The quantitative estimate of drug-likeness (QED) is 0.344. The molecule has 0 spiro atoms. The number of hydrogen-bond acceptors (Lipinski definition) is 6. The van der Waals surface area contributed by atoms with Crippen molar-refractivity contribution in [3.8, 4) is 12.1 Å². The highest BCUT2D eigenvalue weighted by Gasteiger charge is 2.46. The average molecular weight is 508 g/mol. The summed E-state index contributed by atoms with van der Waals surface area (Å²) in [5, 5.41) is 18.1. The van der Waals surface area contributed by atoms with Crippen molar-refractivity contribution in [2.24, 2.45) is 9.98 Å².